The van der Waals surface area contributed by atoms with E-state index >= 15 is 0 Å². The van der Waals surface area contributed by atoms with E-state index < -0.39 is 28.5 Å². The molecule has 2 aliphatic heterocycles. The number of aromatic nitrogens is 2. The number of amides is 2. The van der Waals surface area contributed by atoms with Crippen molar-refractivity contribution in [3.05, 3.63) is 11.8 Å². The number of nitrogens with two attached hydrogens (primary N) is 1. The van der Waals surface area contributed by atoms with E-state index in [2.05, 4.69) is 14.5 Å². The van der Waals surface area contributed by atoms with Gasteiger partial charge in [-0.3, -0.25) is 4.55 Å². The van der Waals surface area contributed by atoms with Gasteiger partial charge in [-0.25, -0.2) is 4.79 Å². The summed E-state index contributed by atoms with van der Waals surface area (Å²) in [5, 5.41) is 8.82. The number of piperidine rings is 1. The molecule has 2 bridgehead atoms. The number of hydrogen-bond donors (Lipinski definition) is 2. The molecule has 3 N–H and O–H groups in total. The summed E-state index contributed by atoms with van der Waals surface area (Å²) >= 11 is 0. The summed E-state index contributed by atoms with van der Waals surface area (Å²) in [5.74, 6) is 0.795. The van der Waals surface area contributed by atoms with Gasteiger partial charge in [-0.2, -0.15) is 13.5 Å². The van der Waals surface area contributed by atoms with E-state index in [0.29, 0.717) is 37.7 Å². The predicted molar refractivity (Wildman–Crippen MR) is 81.1 cm³/mol. The standard InChI is InChI=1S/C13H19N5O6S/c14-5-1-2-10-15-16-11(23-10)8-6-13(3-4-13)9-7-17(8)12(19)18(9)24-25(20,21)22/h8-9H,1-7,14H2,(H,20,21,22)/t8-,9-/m0/s1. The van der Waals surface area contributed by atoms with Crippen LogP contribution in [0.25, 0.3) is 0 Å². The van der Waals surface area contributed by atoms with E-state index in [4.69, 9.17) is 14.7 Å². The third-order valence-electron chi connectivity index (χ3n) is 5.20. The van der Waals surface area contributed by atoms with E-state index in [-0.39, 0.29) is 5.41 Å². The number of carbonyl (C=O) groups is 1. The quantitative estimate of drug-likeness (QED) is 0.657. The van der Waals surface area contributed by atoms with Gasteiger partial charge in [-0.05, 0) is 37.6 Å². The van der Waals surface area contributed by atoms with Gasteiger partial charge in [0.25, 0.3) is 0 Å². The van der Waals surface area contributed by atoms with Crippen LogP contribution < -0.4 is 5.73 Å². The highest BCUT2D eigenvalue weighted by molar-refractivity contribution is 7.80. The molecule has 1 aromatic heterocycles. The molecule has 0 unspecified atom stereocenters. The second-order valence-corrected chi connectivity index (χ2v) is 7.79. The predicted octanol–water partition coefficient (Wildman–Crippen LogP) is 0.0265. The second-order valence-electron chi connectivity index (χ2n) is 6.79. The zero-order chi connectivity index (χ0) is 17.8. The van der Waals surface area contributed by atoms with Crippen molar-refractivity contribution in [3.63, 3.8) is 0 Å². The minimum Gasteiger partial charge on any atom is -0.423 e. The first-order valence-electron chi connectivity index (χ1n) is 8.12. The average molecular weight is 373 g/mol. The van der Waals surface area contributed by atoms with Crippen LogP contribution in [0.2, 0.25) is 0 Å². The Hall–Kier alpha value is -1.76. The maximum Gasteiger partial charge on any atom is 0.418 e. The van der Waals surface area contributed by atoms with E-state index in [1.165, 1.54) is 4.90 Å². The number of nitrogens with zero attached hydrogens (tertiary/aromatic N) is 4. The highest BCUT2D eigenvalue weighted by Gasteiger charge is 2.64. The van der Waals surface area contributed by atoms with Crippen molar-refractivity contribution in [2.24, 2.45) is 11.1 Å². The zero-order valence-corrected chi connectivity index (χ0v) is 14.2. The number of hydrogen-bond acceptors (Lipinski definition) is 8. The van der Waals surface area contributed by atoms with Gasteiger partial charge in [0.1, 0.15) is 6.04 Å². The minimum atomic E-state index is -4.77. The Kier molecular flexibility index (Phi) is 3.76. The topological polar surface area (TPSA) is 152 Å². The van der Waals surface area contributed by atoms with Crippen molar-refractivity contribution in [3.8, 4) is 0 Å². The lowest BCUT2D eigenvalue weighted by molar-refractivity contribution is -0.0530. The molecule has 11 nitrogen and oxygen atoms in total. The van der Waals surface area contributed by atoms with Crippen molar-refractivity contribution in [2.45, 2.75) is 44.2 Å². The van der Waals surface area contributed by atoms with Gasteiger partial charge in [-0.1, -0.05) is 0 Å². The molecule has 138 valence electrons. The SMILES string of the molecule is NCCCc1nnc([C@@H]2CC3(CC3)[C@@H]3CN2C(=O)N3OS(=O)(=O)O)o1. The van der Waals surface area contributed by atoms with E-state index in [1.54, 1.807) is 0 Å². The summed E-state index contributed by atoms with van der Waals surface area (Å²) < 4.78 is 41.3. The molecule has 3 heterocycles. The molecule has 25 heavy (non-hydrogen) atoms. The summed E-state index contributed by atoms with van der Waals surface area (Å²) in [5.41, 5.74) is 5.22. The molecular weight excluding hydrogens is 354 g/mol. The molecule has 2 saturated heterocycles. The number of rotatable bonds is 6. The van der Waals surface area contributed by atoms with Gasteiger partial charge >= 0.3 is 16.4 Å². The molecule has 12 heteroatoms. The van der Waals surface area contributed by atoms with Crippen LogP contribution in [0.3, 0.4) is 0 Å². The van der Waals surface area contributed by atoms with E-state index in [1.807, 2.05) is 0 Å². The lowest BCUT2D eigenvalue weighted by Crippen LogP contribution is -2.43. The molecule has 4 rings (SSSR count). The van der Waals surface area contributed by atoms with Gasteiger partial charge < -0.3 is 15.1 Å². The van der Waals surface area contributed by atoms with E-state index in [0.717, 1.165) is 24.3 Å². The molecule has 3 aliphatic rings. The fraction of sp³-hybridized carbons (Fsp3) is 0.769. The molecule has 1 aromatic rings. The number of fused-ring (bicyclic) bond motifs is 3. The molecule has 1 saturated carbocycles. The lowest BCUT2D eigenvalue weighted by Gasteiger charge is -2.34. The molecule has 0 radical (unpaired) electrons. The highest BCUT2D eigenvalue weighted by Crippen LogP contribution is 2.61. The summed E-state index contributed by atoms with van der Waals surface area (Å²) in [6.45, 7) is 0.804. The Morgan fingerprint density at radius 1 is 1.40 bits per heavy atom. The first-order chi connectivity index (χ1) is 11.8. The van der Waals surface area contributed by atoms with Crippen LogP contribution in [0, 0.1) is 5.41 Å². The van der Waals surface area contributed by atoms with Crippen LogP contribution in [0.4, 0.5) is 4.79 Å². The number of carbonyl (C=O) groups excluding carboxylic acids is 1. The van der Waals surface area contributed by atoms with Crippen molar-refractivity contribution in [1.82, 2.24) is 20.2 Å². The highest BCUT2D eigenvalue weighted by atomic mass is 32.3. The molecule has 1 aliphatic carbocycles. The van der Waals surface area contributed by atoms with Crippen molar-refractivity contribution >= 4 is 16.4 Å². The monoisotopic (exact) mass is 373 g/mol. The van der Waals surface area contributed by atoms with Crippen LogP contribution in [-0.2, 0) is 21.1 Å². The Balaban J connectivity index is 1.60. The number of aryl methyl sites for hydroxylation is 1. The van der Waals surface area contributed by atoms with Gasteiger partial charge in [0.15, 0.2) is 0 Å². The summed E-state index contributed by atoms with van der Waals surface area (Å²) in [7, 11) is -4.77. The summed E-state index contributed by atoms with van der Waals surface area (Å²) in [6, 6.07) is -1.48. The third-order valence-corrected chi connectivity index (χ3v) is 5.55. The molecule has 2 amide bonds. The van der Waals surface area contributed by atoms with Crippen LogP contribution in [0.15, 0.2) is 4.42 Å². The average Bonchev–Trinajstić information content (AvgIpc) is 3.05. The summed E-state index contributed by atoms with van der Waals surface area (Å²) in [4.78, 5) is 14.0. The van der Waals surface area contributed by atoms with Crippen molar-refractivity contribution in [1.29, 1.82) is 0 Å². The molecule has 3 fully saturated rings. The van der Waals surface area contributed by atoms with Gasteiger partial charge in [-0.15, -0.1) is 14.5 Å². The number of hydroxylamine groups is 2. The van der Waals surface area contributed by atoms with Crippen LogP contribution >= 0.6 is 0 Å². The minimum absolute atomic E-state index is 0.246. The van der Waals surface area contributed by atoms with Gasteiger partial charge in [0.05, 0.1) is 6.04 Å². The first-order valence-corrected chi connectivity index (χ1v) is 9.49. The molecule has 0 aromatic carbocycles. The fourth-order valence-electron chi connectivity index (χ4n) is 3.79. The fourth-order valence-corrected chi connectivity index (χ4v) is 4.16. The van der Waals surface area contributed by atoms with Gasteiger partial charge in [0.2, 0.25) is 11.8 Å². The zero-order valence-electron chi connectivity index (χ0n) is 13.4. The molecular formula is C13H19N5O6S. The molecule has 1 spiro atoms. The Bertz CT molecular complexity index is 791. The van der Waals surface area contributed by atoms with Crippen molar-refractivity contribution < 1.29 is 26.5 Å². The largest absolute Gasteiger partial charge is 0.423 e. The smallest absolute Gasteiger partial charge is 0.418 e. The maximum absolute atomic E-state index is 12.6. The second kappa shape index (κ2) is 5.62. The summed E-state index contributed by atoms with van der Waals surface area (Å²) in [6.07, 6.45) is 3.56. The Morgan fingerprint density at radius 2 is 2.16 bits per heavy atom. The number of urea groups is 1. The Morgan fingerprint density at radius 3 is 2.80 bits per heavy atom. The van der Waals surface area contributed by atoms with Crippen LogP contribution in [0.5, 0.6) is 0 Å². The van der Waals surface area contributed by atoms with E-state index in [9.17, 15) is 13.2 Å². The Labute approximate surface area is 144 Å². The van der Waals surface area contributed by atoms with Gasteiger partial charge in [0, 0.05) is 13.0 Å². The molecule has 2 atom stereocenters. The van der Waals surface area contributed by atoms with Crippen LogP contribution in [0.1, 0.15) is 43.5 Å². The first kappa shape index (κ1) is 16.7. The van der Waals surface area contributed by atoms with Crippen molar-refractivity contribution in [2.75, 3.05) is 13.1 Å². The lowest BCUT2D eigenvalue weighted by atomic mass is 9.85. The third kappa shape index (κ3) is 2.88. The maximum atomic E-state index is 12.6. The normalized spacial score (nSPS) is 27.4. The van der Waals surface area contributed by atoms with Crippen LogP contribution in [-0.4, -0.2) is 58.3 Å².